The highest BCUT2D eigenvalue weighted by atomic mass is 35.5. The Bertz CT molecular complexity index is 799. The van der Waals surface area contributed by atoms with Crippen molar-refractivity contribution in [1.29, 1.82) is 0 Å². The zero-order chi connectivity index (χ0) is 18.1. The third-order valence-electron chi connectivity index (χ3n) is 5.29. The van der Waals surface area contributed by atoms with Crippen molar-refractivity contribution in [3.8, 4) is 0 Å². The quantitative estimate of drug-likeness (QED) is 0.891. The summed E-state index contributed by atoms with van der Waals surface area (Å²) in [6.45, 7) is 5.89. The molecule has 1 atom stereocenters. The van der Waals surface area contributed by atoms with Gasteiger partial charge in [-0.25, -0.2) is 0 Å². The zero-order valence-electron chi connectivity index (χ0n) is 14.9. The highest BCUT2D eigenvalue weighted by Gasteiger charge is 2.31. The van der Waals surface area contributed by atoms with Crippen LogP contribution >= 0.6 is 11.6 Å². The maximum atomic E-state index is 12.2. The van der Waals surface area contributed by atoms with Gasteiger partial charge in [-0.05, 0) is 37.0 Å². The van der Waals surface area contributed by atoms with Crippen LogP contribution in [0.4, 0.5) is 5.82 Å². The molecule has 1 saturated heterocycles. The van der Waals surface area contributed by atoms with Crippen molar-refractivity contribution in [3.63, 3.8) is 0 Å². The maximum Gasteiger partial charge on any atom is 0.239 e. The van der Waals surface area contributed by atoms with Gasteiger partial charge in [0, 0.05) is 43.3 Å². The Balaban J connectivity index is 1.30. The number of anilines is 1. The van der Waals surface area contributed by atoms with Crippen molar-refractivity contribution >= 4 is 23.3 Å². The molecule has 1 aliphatic heterocycles. The van der Waals surface area contributed by atoms with Crippen LogP contribution in [0.1, 0.15) is 29.3 Å². The number of aromatic nitrogens is 1. The van der Waals surface area contributed by atoms with E-state index in [9.17, 15) is 4.79 Å². The molecule has 1 amide bonds. The number of hydrogen-bond donors (Lipinski definition) is 1. The van der Waals surface area contributed by atoms with Crippen LogP contribution in [0.25, 0.3) is 0 Å². The van der Waals surface area contributed by atoms with Crippen LogP contribution in [-0.2, 0) is 11.2 Å². The van der Waals surface area contributed by atoms with Crippen molar-refractivity contribution in [2.24, 2.45) is 0 Å². The molecule has 0 spiro atoms. The monoisotopic (exact) mass is 374 g/mol. The normalized spacial score (nSPS) is 20.9. The van der Waals surface area contributed by atoms with Crippen LogP contribution in [0.3, 0.4) is 0 Å². The van der Waals surface area contributed by atoms with E-state index in [0.29, 0.717) is 24.2 Å². The number of rotatable bonds is 4. The summed E-state index contributed by atoms with van der Waals surface area (Å²) >= 11 is 6.34. The number of aryl methyl sites for hydroxylation is 1. The Morgan fingerprint density at radius 1 is 1.35 bits per heavy atom. The van der Waals surface area contributed by atoms with Crippen LogP contribution in [-0.4, -0.2) is 53.6 Å². The van der Waals surface area contributed by atoms with Gasteiger partial charge in [0.25, 0.3) is 0 Å². The number of fused-ring (bicyclic) bond motifs is 1. The van der Waals surface area contributed by atoms with E-state index in [-0.39, 0.29) is 5.91 Å². The van der Waals surface area contributed by atoms with Gasteiger partial charge in [0.1, 0.15) is 5.76 Å². The average molecular weight is 375 g/mol. The third kappa shape index (κ3) is 3.63. The van der Waals surface area contributed by atoms with E-state index in [1.165, 1.54) is 11.1 Å². The molecule has 0 bridgehead atoms. The SMILES string of the molecule is Cc1cc(NC(=O)CN2CCN(C3CCc4c(Cl)cccc43)CC2)no1. The van der Waals surface area contributed by atoms with E-state index in [4.69, 9.17) is 16.1 Å². The van der Waals surface area contributed by atoms with Crippen molar-refractivity contribution < 1.29 is 9.32 Å². The Morgan fingerprint density at radius 2 is 2.15 bits per heavy atom. The molecule has 1 aliphatic carbocycles. The van der Waals surface area contributed by atoms with Gasteiger partial charge in [0.05, 0.1) is 6.54 Å². The number of nitrogens with zero attached hydrogens (tertiary/aromatic N) is 3. The number of carbonyl (C=O) groups is 1. The number of amides is 1. The summed E-state index contributed by atoms with van der Waals surface area (Å²) in [6, 6.07) is 8.41. The molecule has 1 aromatic carbocycles. The summed E-state index contributed by atoms with van der Waals surface area (Å²) in [4.78, 5) is 16.9. The third-order valence-corrected chi connectivity index (χ3v) is 5.65. The maximum absolute atomic E-state index is 12.2. The smallest absolute Gasteiger partial charge is 0.239 e. The Labute approximate surface area is 158 Å². The van der Waals surface area contributed by atoms with Crippen LogP contribution in [0, 0.1) is 6.92 Å². The van der Waals surface area contributed by atoms with Gasteiger partial charge in [0.2, 0.25) is 5.91 Å². The van der Waals surface area contributed by atoms with Crippen molar-refractivity contribution in [1.82, 2.24) is 15.0 Å². The van der Waals surface area contributed by atoms with Gasteiger partial charge in [-0.3, -0.25) is 14.6 Å². The topological polar surface area (TPSA) is 61.6 Å². The number of piperazine rings is 1. The first kappa shape index (κ1) is 17.5. The van der Waals surface area contributed by atoms with Crippen LogP contribution < -0.4 is 5.32 Å². The van der Waals surface area contributed by atoms with E-state index in [0.717, 1.165) is 44.0 Å². The second-order valence-corrected chi connectivity index (χ2v) is 7.45. The zero-order valence-corrected chi connectivity index (χ0v) is 15.6. The van der Waals surface area contributed by atoms with Crippen molar-refractivity contribution in [2.75, 3.05) is 38.0 Å². The lowest BCUT2D eigenvalue weighted by Gasteiger charge is -2.38. The molecule has 0 radical (unpaired) electrons. The summed E-state index contributed by atoms with van der Waals surface area (Å²) in [6.07, 6.45) is 2.18. The van der Waals surface area contributed by atoms with Crippen molar-refractivity contribution in [2.45, 2.75) is 25.8 Å². The molecule has 1 unspecified atom stereocenters. The molecule has 4 rings (SSSR count). The summed E-state index contributed by atoms with van der Waals surface area (Å²) in [7, 11) is 0. The first-order valence-corrected chi connectivity index (χ1v) is 9.45. The minimum Gasteiger partial charge on any atom is -0.360 e. The van der Waals surface area contributed by atoms with Crippen LogP contribution in [0.5, 0.6) is 0 Å². The fourth-order valence-corrected chi connectivity index (χ4v) is 4.29. The summed E-state index contributed by atoms with van der Waals surface area (Å²) < 4.78 is 4.97. The molecule has 2 aliphatic rings. The molecule has 0 saturated carbocycles. The second kappa shape index (κ2) is 7.39. The first-order valence-electron chi connectivity index (χ1n) is 9.07. The molecule has 26 heavy (non-hydrogen) atoms. The Hall–Kier alpha value is -1.89. The average Bonchev–Trinajstić information content (AvgIpc) is 3.23. The van der Waals surface area contributed by atoms with Gasteiger partial charge in [0.15, 0.2) is 5.82 Å². The molecular weight excluding hydrogens is 352 g/mol. The van der Waals surface area contributed by atoms with Gasteiger partial charge in [-0.1, -0.05) is 28.9 Å². The van der Waals surface area contributed by atoms with E-state index >= 15 is 0 Å². The van der Waals surface area contributed by atoms with Gasteiger partial charge < -0.3 is 9.84 Å². The lowest BCUT2D eigenvalue weighted by Crippen LogP contribution is -2.49. The fourth-order valence-electron chi connectivity index (χ4n) is 4.01. The number of carbonyl (C=O) groups excluding carboxylic acids is 1. The molecule has 6 nitrogen and oxygen atoms in total. The molecule has 1 N–H and O–H groups in total. The van der Waals surface area contributed by atoms with Crippen molar-refractivity contribution in [3.05, 3.63) is 46.2 Å². The van der Waals surface area contributed by atoms with Crippen LogP contribution in [0.2, 0.25) is 5.02 Å². The Kier molecular flexibility index (Phi) is 4.98. The molecular formula is C19H23ClN4O2. The molecule has 2 heterocycles. The molecule has 7 heteroatoms. The lowest BCUT2D eigenvalue weighted by atomic mass is 10.1. The van der Waals surface area contributed by atoms with E-state index in [1.54, 1.807) is 13.0 Å². The molecule has 1 fully saturated rings. The second-order valence-electron chi connectivity index (χ2n) is 7.05. The molecule has 138 valence electrons. The van der Waals surface area contributed by atoms with E-state index in [2.05, 4.69) is 26.3 Å². The highest BCUT2D eigenvalue weighted by Crippen LogP contribution is 2.39. The standard InChI is InChI=1S/C19H23ClN4O2/c1-13-11-18(22-26-13)21-19(25)12-23-7-9-24(10-8-23)17-6-5-14-15(17)3-2-4-16(14)20/h2-4,11,17H,5-10,12H2,1H3,(H,21,22,25). The largest absolute Gasteiger partial charge is 0.360 e. The molecule has 1 aromatic heterocycles. The van der Waals surface area contributed by atoms with E-state index in [1.807, 2.05) is 12.1 Å². The minimum absolute atomic E-state index is 0.0512. The predicted octanol–water partition coefficient (Wildman–Crippen LogP) is 2.88. The summed E-state index contributed by atoms with van der Waals surface area (Å²) in [5, 5.41) is 7.47. The fraction of sp³-hybridized carbons (Fsp3) is 0.474. The molecule has 2 aromatic rings. The van der Waals surface area contributed by atoms with Gasteiger partial charge >= 0.3 is 0 Å². The number of benzene rings is 1. The summed E-state index contributed by atoms with van der Waals surface area (Å²) in [5.41, 5.74) is 2.69. The van der Waals surface area contributed by atoms with E-state index < -0.39 is 0 Å². The lowest BCUT2D eigenvalue weighted by molar-refractivity contribution is -0.117. The van der Waals surface area contributed by atoms with Gasteiger partial charge in [-0.15, -0.1) is 0 Å². The number of hydrogen-bond acceptors (Lipinski definition) is 5. The highest BCUT2D eigenvalue weighted by molar-refractivity contribution is 6.31. The minimum atomic E-state index is -0.0512. The Morgan fingerprint density at radius 3 is 2.88 bits per heavy atom. The predicted molar refractivity (Wildman–Crippen MR) is 100 cm³/mol. The number of nitrogens with one attached hydrogen (secondary N) is 1. The number of halogens is 1. The first-order chi connectivity index (χ1) is 12.6. The van der Waals surface area contributed by atoms with Gasteiger partial charge in [-0.2, -0.15) is 0 Å². The van der Waals surface area contributed by atoms with Crippen LogP contribution in [0.15, 0.2) is 28.8 Å². The summed E-state index contributed by atoms with van der Waals surface area (Å²) in [5.74, 6) is 1.11.